The first-order chi connectivity index (χ1) is 9.32. The highest BCUT2D eigenvalue weighted by molar-refractivity contribution is 7.91. The zero-order valence-corrected chi connectivity index (χ0v) is 12.4. The van der Waals surface area contributed by atoms with Crippen molar-refractivity contribution in [2.45, 2.75) is 44.7 Å². The molecule has 0 aromatic heterocycles. The Labute approximate surface area is 119 Å². The normalized spacial score (nSPS) is 22.9. The Morgan fingerprint density at radius 2 is 2.15 bits per heavy atom. The molecule has 2 unspecified atom stereocenters. The lowest BCUT2D eigenvalue weighted by atomic mass is 10.1. The predicted octanol–water partition coefficient (Wildman–Crippen LogP) is -0.477. The summed E-state index contributed by atoms with van der Waals surface area (Å²) >= 11 is 0. The first-order valence-electron chi connectivity index (χ1n) is 6.77. The molecule has 0 aromatic carbocycles. The third kappa shape index (κ3) is 6.33. The molecule has 3 N–H and O–H groups in total. The lowest BCUT2D eigenvalue weighted by Gasteiger charge is -2.24. The van der Waals surface area contributed by atoms with E-state index >= 15 is 0 Å². The van der Waals surface area contributed by atoms with E-state index in [-0.39, 0.29) is 36.3 Å². The highest BCUT2D eigenvalue weighted by Gasteiger charge is 2.26. The fraction of sp³-hybridized carbons (Fsp3) is 0.833. The van der Waals surface area contributed by atoms with Crippen LogP contribution in [-0.2, 0) is 19.4 Å². The zero-order chi connectivity index (χ0) is 15.2. The summed E-state index contributed by atoms with van der Waals surface area (Å²) in [6.07, 6.45) is 1.30. The van der Waals surface area contributed by atoms with Gasteiger partial charge in [0.2, 0.25) is 5.91 Å². The van der Waals surface area contributed by atoms with E-state index in [2.05, 4.69) is 10.6 Å². The number of sulfone groups is 1. The van der Waals surface area contributed by atoms with Crippen LogP contribution in [0.3, 0.4) is 0 Å². The third-order valence-electron chi connectivity index (χ3n) is 3.16. The second kappa shape index (κ2) is 7.58. The Morgan fingerprint density at radius 3 is 2.70 bits per heavy atom. The molecule has 1 rings (SSSR count). The molecular weight excluding hydrogens is 284 g/mol. The Bertz CT molecular complexity index is 449. The van der Waals surface area contributed by atoms with Crippen molar-refractivity contribution in [3.63, 3.8) is 0 Å². The fourth-order valence-corrected chi connectivity index (χ4v) is 3.74. The standard InChI is InChI=1S/C12H22N2O5S/c1-2-3-9(7-12(16)17)14-11(15)6-10-8-20(18,19)5-4-13-10/h9-10,13H,2-8H2,1H3,(H,14,15)(H,16,17). The highest BCUT2D eigenvalue weighted by atomic mass is 32.2. The quantitative estimate of drug-likeness (QED) is 0.586. The van der Waals surface area contributed by atoms with Gasteiger partial charge in [-0.2, -0.15) is 0 Å². The minimum Gasteiger partial charge on any atom is -0.481 e. The molecule has 116 valence electrons. The van der Waals surface area contributed by atoms with Gasteiger partial charge in [-0.1, -0.05) is 13.3 Å². The number of carboxylic acid groups (broad SMARTS) is 1. The molecule has 0 aromatic rings. The second-order valence-corrected chi connectivity index (χ2v) is 7.35. The van der Waals surface area contributed by atoms with E-state index < -0.39 is 21.8 Å². The third-order valence-corrected chi connectivity index (χ3v) is 4.89. The number of rotatable bonds is 7. The summed E-state index contributed by atoms with van der Waals surface area (Å²) in [6, 6.07) is -0.786. The van der Waals surface area contributed by atoms with Crippen molar-refractivity contribution in [2.75, 3.05) is 18.1 Å². The Balaban J connectivity index is 2.46. The number of carboxylic acids is 1. The second-order valence-electron chi connectivity index (χ2n) is 5.12. The summed E-state index contributed by atoms with van der Waals surface area (Å²) in [6.45, 7) is 2.27. The molecule has 1 aliphatic rings. The lowest BCUT2D eigenvalue weighted by molar-refractivity contribution is -0.137. The molecule has 0 saturated carbocycles. The summed E-state index contributed by atoms with van der Waals surface area (Å²) < 4.78 is 22.9. The molecular formula is C12H22N2O5S. The molecule has 1 aliphatic heterocycles. The van der Waals surface area contributed by atoms with Gasteiger partial charge in [-0.25, -0.2) is 8.42 Å². The summed E-state index contributed by atoms with van der Waals surface area (Å²) in [7, 11) is -3.07. The van der Waals surface area contributed by atoms with Crippen LogP contribution in [-0.4, -0.2) is 55.5 Å². The average Bonchev–Trinajstić information content (AvgIpc) is 2.26. The van der Waals surface area contributed by atoms with Crippen LogP contribution in [0.4, 0.5) is 0 Å². The summed E-state index contributed by atoms with van der Waals surface area (Å²) in [5.41, 5.74) is 0. The van der Waals surface area contributed by atoms with Gasteiger partial charge < -0.3 is 15.7 Å². The van der Waals surface area contributed by atoms with Gasteiger partial charge in [-0.15, -0.1) is 0 Å². The van der Waals surface area contributed by atoms with Gasteiger partial charge in [0.15, 0.2) is 9.84 Å². The van der Waals surface area contributed by atoms with Crippen LogP contribution in [0.5, 0.6) is 0 Å². The smallest absolute Gasteiger partial charge is 0.305 e. The van der Waals surface area contributed by atoms with Gasteiger partial charge in [0.05, 0.1) is 17.9 Å². The van der Waals surface area contributed by atoms with Crippen molar-refractivity contribution in [2.24, 2.45) is 0 Å². The molecule has 1 saturated heterocycles. The first kappa shape index (κ1) is 16.9. The zero-order valence-electron chi connectivity index (χ0n) is 11.6. The van der Waals surface area contributed by atoms with E-state index in [1.54, 1.807) is 0 Å². The van der Waals surface area contributed by atoms with Gasteiger partial charge in [0, 0.05) is 25.0 Å². The topological polar surface area (TPSA) is 113 Å². The van der Waals surface area contributed by atoms with E-state index in [9.17, 15) is 18.0 Å². The molecule has 0 spiro atoms. The Kier molecular flexibility index (Phi) is 6.41. The monoisotopic (exact) mass is 306 g/mol. The van der Waals surface area contributed by atoms with E-state index in [0.29, 0.717) is 13.0 Å². The molecule has 0 radical (unpaired) electrons. The van der Waals surface area contributed by atoms with Gasteiger partial charge in [0.25, 0.3) is 0 Å². The van der Waals surface area contributed by atoms with E-state index in [1.807, 2.05) is 6.92 Å². The van der Waals surface area contributed by atoms with Crippen LogP contribution in [0.25, 0.3) is 0 Å². The van der Waals surface area contributed by atoms with Crippen LogP contribution in [0.1, 0.15) is 32.6 Å². The Hall–Kier alpha value is -1.15. The molecule has 7 nitrogen and oxygen atoms in total. The molecule has 1 heterocycles. The first-order valence-corrected chi connectivity index (χ1v) is 8.59. The van der Waals surface area contributed by atoms with Crippen molar-refractivity contribution in [1.82, 2.24) is 10.6 Å². The van der Waals surface area contributed by atoms with Crippen LogP contribution in [0.15, 0.2) is 0 Å². The molecule has 1 fully saturated rings. The Morgan fingerprint density at radius 1 is 1.45 bits per heavy atom. The lowest BCUT2D eigenvalue weighted by Crippen LogP contribution is -2.48. The van der Waals surface area contributed by atoms with Crippen molar-refractivity contribution >= 4 is 21.7 Å². The number of hydrogen-bond acceptors (Lipinski definition) is 5. The maximum absolute atomic E-state index is 11.9. The van der Waals surface area contributed by atoms with Crippen LogP contribution < -0.4 is 10.6 Å². The number of carbonyl (C=O) groups excluding carboxylic acids is 1. The average molecular weight is 306 g/mol. The van der Waals surface area contributed by atoms with Gasteiger partial charge in [0.1, 0.15) is 0 Å². The number of hydrogen-bond donors (Lipinski definition) is 3. The number of nitrogens with one attached hydrogen (secondary N) is 2. The maximum Gasteiger partial charge on any atom is 0.305 e. The van der Waals surface area contributed by atoms with Gasteiger partial charge >= 0.3 is 5.97 Å². The van der Waals surface area contributed by atoms with Gasteiger partial charge in [-0.3, -0.25) is 9.59 Å². The molecule has 2 atom stereocenters. The van der Waals surface area contributed by atoms with Crippen LogP contribution in [0, 0.1) is 0 Å². The van der Waals surface area contributed by atoms with Crippen molar-refractivity contribution in [3.05, 3.63) is 0 Å². The largest absolute Gasteiger partial charge is 0.481 e. The molecule has 8 heteroatoms. The minimum atomic E-state index is -3.07. The van der Waals surface area contributed by atoms with Crippen molar-refractivity contribution in [1.29, 1.82) is 0 Å². The minimum absolute atomic E-state index is 0.0439. The van der Waals surface area contributed by atoms with Gasteiger partial charge in [-0.05, 0) is 6.42 Å². The van der Waals surface area contributed by atoms with E-state index in [4.69, 9.17) is 5.11 Å². The summed E-state index contributed by atoms with van der Waals surface area (Å²) in [5, 5.41) is 14.4. The maximum atomic E-state index is 11.9. The number of aliphatic carboxylic acids is 1. The molecule has 20 heavy (non-hydrogen) atoms. The molecule has 0 bridgehead atoms. The summed E-state index contributed by atoms with van der Waals surface area (Å²) in [5.74, 6) is -1.21. The van der Waals surface area contributed by atoms with E-state index in [0.717, 1.165) is 6.42 Å². The van der Waals surface area contributed by atoms with Crippen molar-refractivity contribution in [3.8, 4) is 0 Å². The summed E-state index contributed by atoms with van der Waals surface area (Å²) in [4.78, 5) is 22.5. The number of amides is 1. The SMILES string of the molecule is CCCC(CC(=O)O)NC(=O)CC1CS(=O)(=O)CCN1. The molecule has 0 aliphatic carbocycles. The fourth-order valence-electron chi connectivity index (χ4n) is 2.29. The highest BCUT2D eigenvalue weighted by Crippen LogP contribution is 2.07. The van der Waals surface area contributed by atoms with Crippen LogP contribution in [0.2, 0.25) is 0 Å². The van der Waals surface area contributed by atoms with Crippen LogP contribution >= 0.6 is 0 Å². The van der Waals surface area contributed by atoms with E-state index in [1.165, 1.54) is 0 Å². The predicted molar refractivity (Wildman–Crippen MR) is 74.2 cm³/mol. The van der Waals surface area contributed by atoms with Crippen molar-refractivity contribution < 1.29 is 23.1 Å². The molecule has 1 amide bonds. The number of carbonyl (C=O) groups is 2.